The second-order valence-corrected chi connectivity index (χ2v) is 6.43. The Morgan fingerprint density at radius 2 is 1.33 bits per heavy atom. The first-order valence-corrected chi connectivity index (χ1v) is 9.01. The van der Waals surface area contributed by atoms with Gasteiger partial charge in [0.15, 0.2) is 12.4 Å². The van der Waals surface area contributed by atoms with Gasteiger partial charge in [0.25, 0.3) is 0 Å². The van der Waals surface area contributed by atoms with Crippen molar-refractivity contribution in [1.29, 1.82) is 0 Å². The number of carbonyl (C=O) groups is 1. The van der Waals surface area contributed by atoms with E-state index < -0.39 is 13.5 Å². The summed E-state index contributed by atoms with van der Waals surface area (Å²) in [6, 6.07) is 22.7. The lowest BCUT2D eigenvalue weighted by Gasteiger charge is -2.15. The van der Waals surface area contributed by atoms with Gasteiger partial charge in [0.05, 0.1) is 11.1 Å². The molecule has 0 aliphatic rings. The third kappa shape index (κ3) is 7.58. The second-order valence-electron chi connectivity index (χ2n) is 6.43. The van der Waals surface area contributed by atoms with Crippen LogP contribution in [0.4, 0.5) is 23.0 Å². The highest BCUT2D eigenvalue weighted by atomic mass is 19.5. The molecule has 0 spiro atoms. The van der Waals surface area contributed by atoms with Crippen LogP contribution in [0.5, 0.6) is 0 Å². The Labute approximate surface area is 172 Å². The molecule has 0 fully saturated rings. The number of esters is 1. The van der Waals surface area contributed by atoms with Crippen LogP contribution in [-0.2, 0) is 4.74 Å². The standard InChI is InChI=1S/C21H21N2O2.BF4/c1-22(2)19-13-15-23(16-14-19)20(17-9-5-3-6-10-17)25-21(24)18-11-7-4-8-12-18;2-1(3,4)5/h3-16,20H,1-2H3;/q+1;-1. The smallest absolute Gasteiger partial charge is 0.418 e. The summed E-state index contributed by atoms with van der Waals surface area (Å²) in [4.78, 5) is 14.6. The number of halogens is 4. The fraction of sp³-hybridized carbons (Fsp3) is 0.143. The van der Waals surface area contributed by atoms with Crippen LogP contribution in [0.15, 0.2) is 85.2 Å². The molecule has 0 aliphatic carbocycles. The van der Waals surface area contributed by atoms with Gasteiger partial charge >= 0.3 is 19.5 Å². The molecule has 1 atom stereocenters. The summed E-state index contributed by atoms with van der Waals surface area (Å²) in [5.41, 5.74) is 2.53. The van der Waals surface area contributed by atoms with Crippen molar-refractivity contribution in [1.82, 2.24) is 0 Å². The van der Waals surface area contributed by atoms with Crippen molar-refractivity contribution in [2.24, 2.45) is 0 Å². The Hall–Kier alpha value is -3.36. The highest BCUT2D eigenvalue weighted by Crippen LogP contribution is 2.17. The van der Waals surface area contributed by atoms with Crippen molar-refractivity contribution in [3.63, 3.8) is 0 Å². The number of aromatic nitrogens is 1. The average molecular weight is 420 g/mol. The van der Waals surface area contributed by atoms with E-state index in [-0.39, 0.29) is 5.97 Å². The van der Waals surface area contributed by atoms with Gasteiger partial charge in [-0.1, -0.05) is 36.4 Å². The molecule has 1 aromatic heterocycles. The molecule has 0 saturated carbocycles. The number of carbonyl (C=O) groups excluding carboxylic acids is 1. The number of rotatable bonds is 5. The van der Waals surface area contributed by atoms with E-state index in [1.54, 1.807) is 12.1 Å². The lowest BCUT2D eigenvalue weighted by Crippen LogP contribution is -2.42. The topological polar surface area (TPSA) is 33.4 Å². The maximum absolute atomic E-state index is 12.5. The minimum absolute atomic E-state index is 0.348. The molecule has 158 valence electrons. The van der Waals surface area contributed by atoms with Crippen LogP contribution in [0.3, 0.4) is 0 Å². The van der Waals surface area contributed by atoms with Gasteiger partial charge in [0, 0.05) is 31.9 Å². The normalized spacial score (nSPS) is 11.7. The number of anilines is 1. The number of pyridine rings is 1. The van der Waals surface area contributed by atoms with Gasteiger partial charge in [-0.05, 0) is 24.3 Å². The molecule has 1 unspecified atom stereocenters. The maximum atomic E-state index is 12.5. The Balaban J connectivity index is 0.000000575. The highest BCUT2D eigenvalue weighted by Gasteiger charge is 2.26. The fourth-order valence-electron chi connectivity index (χ4n) is 2.55. The van der Waals surface area contributed by atoms with Crippen LogP contribution in [0.1, 0.15) is 22.1 Å². The first-order chi connectivity index (χ1) is 14.1. The van der Waals surface area contributed by atoms with Crippen molar-refractivity contribution < 1.29 is 31.4 Å². The van der Waals surface area contributed by atoms with Crippen LogP contribution in [-0.4, -0.2) is 27.3 Å². The molecule has 9 heteroatoms. The zero-order chi connectivity index (χ0) is 22.1. The van der Waals surface area contributed by atoms with Gasteiger partial charge in [-0.25, -0.2) is 4.79 Å². The molecular formula is C21H21BF4N2O2. The minimum atomic E-state index is -6.00. The van der Waals surface area contributed by atoms with Crippen LogP contribution >= 0.6 is 0 Å². The third-order valence-electron chi connectivity index (χ3n) is 3.93. The monoisotopic (exact) mass is 420 g/mol. The van der Waals surface area contributed by atoms with Crippen LogP contribution in [0.25, 0.3) is 0 Å². The van der Waals surface area contributed by atoms with E-state index in [9.17, 15) is 22.1 Å². The molecule has 0 aliphatic heterocycles. The second kappa shape index (κ2) is 10.4. The average Bonchev–Trinajstić information content (AvgIpc) is 2.72. The molecule has 2 aromatic carbocycles. The van der Waals surface area contributed by atoms with Crippen molar-refractivity contribution >= 4 is 18.9 Å². The van der Waals surface area contributed by atoms with E-state index in [0.717, 1.165) is 11.3 Å². The molecule has 0 radical (unpaired) electrons. The quantitative estimate of drug-likeness (QED) is 0.259. The van der Waals surface area contributed by atoms with Crippen molar-refractivity contribution in [2.45, 2.75) is 6.23 Å². The Morgan fingerprint density at radius 3 is 1.80 bits per heavy atom. The van der Waals surface area contributed by atoms with E-state index in [0.29, 0.717) is 5.56 Å². The number of ether oxygens (including phenoxy) is 1. The molecular weight excluding hydrogens is 399 g/mol. The van der Waals surface area contributed by atoms with Crippen LogP contribution < -0.4 is 9.47 Å². The SMILES string of the molecule is CN(C)c1cc[n+](C(OC(=O)c2ccccc2)c2ccccc2)cc1.F[B-](F)(F)F. The molecule has 30 heavy (non-hydrogen) atoms. The summed E-state index contributed by atoms with van der Waals surface area (Å²) >= 11 is 0. The zero-order valence-corrected chi connectivity index (χ0v) is 16.5. The van der Waals surface area contributed by atoms with Gasteiger partial charge < -0.3 is 26.9 Å². The van der Waals surface area contributed by atoms with Crippen molar-refractivity contribution in [3.8, 4) is 0 Å². The predicted molar refractivity (Wildman–Crippen MR) is 108 cm³/mol. The molecule has 0 bridgehead atoms. The maximum Gasteiger partial charge on any atom is 0.673 e. The number of hydrogen-bond acceptors (Lipinski definition) is 3. The van der Waals surface area contributed by atoms with E-state index in [2.05, 4.69) is 0 Å². The van der Waals surface area contributed by atoms with Gasteiger partial charge in [0.1, 0.15) is 0 Å². The first-order valence-electron chi connectivity index (χ1n) is 9.01. The molecule has 1 heterocycles. The minimum Gasteiger partial charge on any atom is -0.418 e. The van der Waals surface area contributed by atoms with Crippen molar-refractivity contribution in [3.05, 3.63) is 96.3 Å². The summed E-state index contributed by atoms with van der Waals surface area (Å²) in [5, 5.41) is 0. The zero-order valence-electron chi connectivity index (χ0n) is 16.5. The van der Waals surface area contributed by atoms with Gasteiger partial charge in [-0.3, -0.25) is 0 Å². The summed E-state index contributed by atoms with van der Waals surface area (Å²) in [6.45, 7) is 0. The van der Waals surface area contributed by atoms with Crippen LogP contribution in [0, 0.1) is 0 Å². The molecule has 3 rings (SSSR count). The molecule has 4 nitrogen and oxygen atoms in total. The number of hydrogen-bond donors (Lipinski definition) is 0. The summed E-state index contributed by atoms with van der Waals surface area (Å²) in [5.74, 6) is -0.348. The first kappa shape index (κ1) is 22.9. The Bertz CT molecular complexity index is 915. The summed E-state index contributed by atoms with van der Waals surface area (Å²) in [7, 11) is -2.02. The highest BCUT2D eigenvalue weighted by molar-refractivity contribution is 6.50. The lowest BCUT2D eigenvalue weighted by atomic mass is 10.2. The number of benzene rings is 2. The predicted octanol–water partition coefficient (Wildman–Crippen LogP) is 4.74. The third-order valence-corrected chi connectivity index (χ3v) is 3.93. The Morgan fingerprint density at radius 1 is 0.867 bits per heavy atom. The largest absolute Gasteiger partial charge is 0.673 e. The van der Waals surface area contributed by atoms with E-state index >= 15 is 0 Å². The Kier molecular flexibility index (Phi) is 7.97. The van der Waals surface area contributed by atoms with Gasteiger partial charge in [0.2, 0.25) is 0 Å². The molecule has 0 saturated heterocycles. The molecule has 0 amide bonds. The summed E-state index contributed by atoms with van der Waals surface area (Å²) in [6.07, 6.45) is 3.32. The lowest BCUT2D eigenvalue weighted by molar-refractivity contribution is -0.746. The van der Waals surface area contributed by atoms with E-state index in [1.165, 1.54) is 0 Å². The summed E-state index contributed by atoms with van der Waals surface area (Å²) < 4.78 is 46.7. The van der Waals surface area contributed by atoms with Crippen LogP contribution in [0.2, 0.25) is 0 Å². The van der Waals surface area contributed by atoms with Gasteiger partial charge in [-0.15, -0.1) is 0 Å². The van der Waals surface area contributed by atoms with Crippen molar-refractivity contribution in [2.75, 3.05) is 19.0 Å². The number of nitrogens with zero attached hydrogens (tertiary/aromatic N) is 2. The molecule has 0 N–H and O–H groups in total. The molecule has 3 aromatic rings. The fourth-order valence-corrected chi connectivity index (χ4v) is 2.55. The van der Waals surface area contributed by atoms with E-state index in [4.69, 9.17) is 4.74 Å². The van der Waals surface area contributed by atoms with Gasteiger partial charge in [-0.2, -0.15) is 4.57 Å². The van der Waals surface area contributed by atoms with E-state index in [1.807, 2.05) is 96.6 Å².